The predicted molar refractivity (Wildman–Crippen MR) is 270 cm³/mol. The number of carboxylic acid groups (broad SMARTS) is 4. The molecule has 4 aromatic carbocycles. The van der Waals surface area contributed by atoms with Gasteiger partial charge in [-0.15, -0.1) is 0 Å². The Bertz CT molecular complexity index is 2480. The first-order valence-electron chi connectivity index (χ1n) is 25.1. The SMILES string of the molecule is NC[C@H]1O[C@H](O[C@H]2[C@H](O)[C@@H](OCCCCCCc3ccc4ccccc4c3)[C@H](N)C[C@@H]2N)[C@H](N)[C@@H](OCCCCCCc2ccc3ccccc3c2)[C@@H]1O.O=C(O)C(F)(F)F.O=C(O)C(F)(F)F.O=C(O)C(F)(F)F.O=C(O)C(F)(F)F. The van der Waals surface area contributed by atoms with Crippen molar-refractivity contribution in [1.82, 2.24) is 0 Å². The lowest BCUT2D eigenvalue weighted by Crippen LogP contribution is -2.68. The summed E-state index contributed by atoms with van der Waals surface area (Å²) in [5, 5.41) is 56.0. The standard InChI is InChI=1S/C44H62N4O6.4C2HF3O2/c45-28-37-39(49)43(52-24-12-4-2-6-14-30-20-22-32-16-8-10-18-34(32)26-30)38(48)44(53-37)54-42-36(47)27-35(46)41(40(42)50)51-23-11-3-1-5-13-29-19-21-31-15-7-9-17-33(31)25-29;4*3-2(4,5)1(6)7/h7-10,15-22,25-26,35-44,49-50H,1-6,11-14,23-24,27-28,45-48H2;4*(H,6,7)/t35-,36+,37-,38-,39-,40-,41+,42-,43-,44-;;;;/m1..../s1. The Morgan fingerprint density at radius 1 is 0.488 bits per heavy atom. The van der Waals surface area contributed by atoms with Crippen molar-refractivity contribution in [2.75, 3.05) is 19.8 Å². The maximum absolute atomic E-state index is 11.4. The van der Waals surface area contributed by atoms with E-state index in [4.69, 9.17) is 81.5 Å². The predicted octanol–water partition coefficient (Wildman–Crippen LogP) is 7.38. The number of aliphatic carboxylic acids is 4. The van der Waals surface area contributed by atoms with Crippen molar-refractivity contribution in [1.29, 1.82) is 0 Å². The van der Waals surface area contributed by atoms with Crippen LogP contribution in [0.3, 0.4) is 0 Å². The average molecular weight is 1200 g/mol. The second-order valence-electron chi connectivity index (χ2n) is 18.6. The molecule has 30 heteroatoms. The molecule has 0 bridgehead atoms. The third-order valence-electron chi connectivity index (χ3n) is 12.2. The summed E-state index contributed by atoms with van der Waals surface area (Å²) in [6.07, 6.45) is -15.8. The summed E-state index contributed by atoms with van der Waals surface area (Å²) in [4.78, 5) is 35.6. The van der Waals surface area contributed by atoms with Crippen LogP contribution in [0.15, 0.2) is 84.9 Å². The minimum absolute atomic E-state index is 0.0561. The van der Waals surface area contributed by atoms with Crippen molar-refractivity contribution in [2.24, 2.45) is 22.9 Å². The van der Waals surface area contributed by atoms with Crippen LogP contribution in [0, 0.1) is 0 Å². The molecule has 1 aliphatic carbocycles. The van der Waals surface area contributed by atoms with Crippen LogP contribution in [0.25, 0.3) is 21.5 Å². The number of aryl methyl sites for hydroxylation is 2. The highest BCUT2D eigenvalue weighted by Crippen LogP contribution is 2.30. The topological polar surface area (TPSA) is 331 Å². The third kappa shape index (κ3) is 25.7. The number of rotatable bonds is 19. The molecule has 14 N–H and O–H groups in total. The molecule has 82 heavy (non-hydrogen) atoms. The maximum atomic E-state index is 11.4. The lowest BCUT2D eigenvalue weighted by atomic mass is 9.84. The van der Waals surface area contributed by atoms with E-state index in [9.17, 15) is 62.9 Å². The Balaban J connectivity index is 0.000000672. The molecule has 18 nitrogen and oxygen atoms in total. The van der Waals surface area contributed by atoms with Crippen LogP contribution in [0.5, 0.6) is 0 Å². The highest BCUT2D eigenvalue weighted by Gasteiger charge is 2.49. The van der Waals surface area contributed by atoms with Crippen molar-refractivity contribution in [2.45, 2.75) is 156 Å². The van der Waals surface area contributed by atoms with E-state index in [1.165, 1.54) is 32.7 Å². The second-order valence-corrected chi connectivity index (χ2v) is 18.6. The third-order valence-corrected chi connectivity index (χ3v) is 12.2. The Morgan fingerprint density at radius 3 is 1.20 bits per heavy atom. The molecule has 4 aromatic rings. The van der Waals surface area contributed by atoms with E-state index in [1.54, 1.807) is 0 Å². The van der Waals surface area contributed by atoms with E-state index in [1.807, 2.05) is 0 Å². The fourth-order valence-electron chi connectivity index (χ4n) is 8.10. The molecule has 6 rings (SSSR count). The molecule has 0 unspecified atom stereocenters. The van der Waals surface area contributed by atoms with Gasteiger partial charge in [-0.05, 0) is 77.6 Å². The molecular formula is C52H66F12N4O14. The van der Waals surface area contributed by atoms with Crippen LogP contribution >= 0.6 is 0 Å². The summed E-state index contributed by atoms with van der Waals surface area (Å²) < 4.78 is 152. The number of carboxylic acids is 4. The Hall–Kier alpha value is -5.96. The first kappa shape index (κ1) is 72.1. The van der Waals surface area contributed by atoms with Gasteiger partial charge < -0.3 is 72.5 Å². The largest absolute Gasteiger partial charge is 0.490 e. The normalized spacial score (nSPS) is 22.9. The van der Waals surface area contributed by atoms with Crippen molar-refractivity contribution >= 4 is 45.4 Å². The molecule has 2 aliphatic rings. The molecule has 1 aliphatic heterocycles. The van der Waals surface area contributed by atoms with E-state index in [-0.39, 0.29) is 6.54 Å². The van der Waals surface area contributed by atoms with Crippen molar-refractivity contribution < 1.29 is 121 Å². The lowest BCUT2D eigenvalue weighted by Gasteiger charge is -2.47. The zero-order valence-corrected chi connectivity index (χ0v) is 43.6. The van der Waals surface area contributed by atoms with Gasteiger partial charge in [-0.3, -0.25) is 0 Å². The number of ether oxygens (including phenoxy) is 4. The summed E-state index contributed by atoms with van der Waals surface area (Å²) in [6.45, 7) is 0.975. The highest BCUT2D eigenvalue weighted by molar-refractivity contribution is 5.83. The van der Waals surface area contributed by atoms with Crippen LogP contribution in [0.4, 0.5) is 52.7 Å². The molecule has 0 radical (unpaired) electrons. The number of aliphatic hydroxyl groups is 2. The van der Waals surface area contributed by atoms with Crippen LogP contribution in [0.2, 0.25) is 0 Å². The molecule has 1 saturated carbocycles. The van der Waals surface area contributed by atoms with Crippen LogP contribution < -0.4 is 22.9 Å². The van der Waals surface area contributed by atoms with Gasteiger partial charge in [0.15, 0.2) is 6.29 Å². The zero-order chi connectivity index (χ0) is 62.2. The quantitative estimate of drug-likeness (QED) is 0.0323. The van der Waals surface area contributed by atoms with Gasteiger partial charge in [0, 0.05) is 31.8 Å². The molecule has 0 aromatic heterocycles. The molecule has 1 heterocycles. The summed E-state index contributed by atoms with van der Waals surface area (Å²) >= 11 is 0. The Morgan fingerprint density at radius 2 is 0.829 bits per heavy atom. The molecule has 1 saturated heterocycles. The minimum Gasteiger partial charge on any atom is -0.475 e. The van der Waals surface area contributed by atoms with Crippen LogP contribution in [-0.4, -0.2) is 160 Å². The molecule has 0 spiro atoms. The fourth-order valence-corrected chi connectivity index (χ4v) is 8.10. The number of benzene rings is 4. The summed E-state index contributed by atoms with van der Waals surface area (Å²) in [6, 6.07) is 28.4. The molecule has 0 amide bonds. The van der Waals surface area contributed by atoms with Gasteiger partial charge in [-0.1, -0.05) is 111 Å². The smallest absolute Gasteiger partial charge is 0.475 e. The van der Waals surface area contributed by atoms with Gasteiger partial charge in [-0.25, -0.2) is 19.2 Å². The van der Waals surface area contributed by atoms with Gasteiger partial charge in [0.1, 0.15) is 36.6 Å². The van der Waals surface area contributed by atoms with Gasteiger partial charge in [0.05, 0.1) is 6.04 Å². The summed E-state index contributed by atoms with van der Waals surface area (Å²) in [5.74, 6) is -11.0. The van der Waals surface area contributed by atoms with Crippen molar-refractivity contribution in [3.63, 3.8) is 0 Å². The Labute approximate surface area is 461 Å². The number of halogens is 12. The summed E-state index contributed by atoms with van der Waals surface area (Å²) in [7, 11) is 0. The zero-order valence-electron chi connectivity index (χ0n) is 43.6. The number of hydrogen-bond donors (Lipinski definition) is 10. The molecule has 2 fully saturated rings. The van der Waals surface area contributed by atoms with E-state index in [0.717, 1.165) is 64.2 Å². The average Bonchev–Trinajstić information content (AvgIpc) is 3.44. The number of nitrogens with two attached hydrogens (primary N) is 4. The Kier molecular flexibility index (Phi) is 29.9. The monoisotopic (exact) mass is 1200 g/mol. The van der Waals surface area contributed by atoms with Crippen molar-refractivity contribution in [3.8, 4) is 0 Å². The molecule has 462 valence electrons. The number of unbranched alkanes of at least 4 members (excludes halogenated alkanes) is 6. The number of carbonyl (C=O) groups is 4. The van der Waals surface area contributed by atoms with Gasteiger partial charge >= 0.3 is 48.6 Å². The molecule has 10 atom stereocenters. The number of alkyl halides is 12. The summed E-state index contributed by atoms with van der Waals surface area (Å²) in [5.41, 5.74) is 28.2. The second kappa shape index (κ2) is 34.0. The van der Waals surface area contributed by atoms with Gasteiger partial charge in [-0.2, -0.15) is 52.7 Å². The first-order valence-corrected chi connectivity index (χ1v) is 25.1. The number of aliphatic hydroxyl groups excluding tert-OH is 2. The first-order chi connectivity index (χ1) is 38.1. The minimum atomic E-state index is -5.08. The number of hydrogen-bond acceptors (Lipinski definition) is 14. The van der Waals surface area contributed by atoms with Crippen LogP contribution in [0.1, 0.15) is 68.9 Å². The van der Waals surface area contributed by atoms with Gasteiger partial charge in [0.25, 0.3) is 0 Å². The van der Waals surface area contributed by atoms with E-state index in [2.05, 4.69) is 84.9 Å². The lowest BCUT2D eigenvalue weighted by molar-refractivity contribution is -0.294. The van der Waals surface area contributed by atoms with Gasteiger partial charge in [0.2, 0.25) is 0 Å². The van der Waals surface area contributed by atoms with Crippen LogP contribution in [-0.2, 0) is 51.0 Å². The highest BCUT2D eigenvalue weighted by atomic mass is 19.4. The maximum Gasteiger partial charge on any atom is 0.490 e. The number of fused-ring (bicyclic) bond motifs is 2. The van der Waals surface area contributed by atoms with E-state index >= 15 is 0 Å². The molecular weight excluding hydrogens is 1130 g/mol. The van der Waals surface area contributed by atoms with E-state index in [0.29, 0.717) is 19.6 Å². The van der Waals surface area contributed by atoms with Crippen molar-refractivity contribution in [3.05, 3.63) is 96.1 Å². The fraction of sp³-hybridized carbons (Fsp3) is 0.538. The van der Waals surface area contributed by atoms with E-state index < -0.39 is 110 Å².